The first-order chi connectivity index (χ1) is 13.2. The maximum Gasteiger partial charge on any atom is 0.271 e. The van der Waals surface area contributed by atoms with E-state index < -0.39 is 0 Å². The molecule has 0 bridgehead atoms. The van der Waals surface area contributed by atoms with Crippen LogP contribution in [0.2, 0.25) is 0 Å². The molecule has 1 saturated heterocycles. The van der Waals surface area contributed by atoms with Gasteiger partial charge in [0.15, 0.2) is 5.69 Å². The number of rotatable bonds is 7. The average Bonchev–Trinajstić information content (AvgIpc) is 2.72. The molecule has 2 aromatic rings. The Hall–Kier alpha value is -3.01. The number of likely N-dealkylation sites (N-methyl/N-ethyl adjacent to an activating group) is 1. The van der Waals surface area contributed by atoms with E-state index in [0.717, 1.165) is 32.0 Å². The molecular weight excluding hydrogens is 350 g/mol. The molecule has 0 spiro atoms. The third-order valence-electron chi connectivity index (χ3n) is 4.17. The van der Waals surface area contributed by atoms with Crippen molar-refractivity contribution >= 4 is 11.7 Å². The number of piperazine rings is 1. The van der Waals surface area contributed by atoms with Crippen LogP contribution in [0, 0.1) is 0 Å². The van der Waals surface area contributed by atoms with Crippen LogP contribution >= 0.6 is 0 Å². The molecule has 144 valence electrons. The lowest BCUT2D eigenvalue weighted by Crippen LogP contribution is -2.44. The first-order valence-corrected chi connectivity index (χ1v) is 8.70. The zero-order valence-corrected chi connectivity index (χ0v) is 15.5. The topological polar surface area (TPSA) is 106 Å². The van der Waals surface area contributed by atoms with E-state index in [1.165, 1.54) is 13.4 Å². The van der Waals surface area contributed by atoms with E-state index in [0.29, 0.717) is 18.3 Å². The van der Waals surface area contributed by atoms with Crippen molar-refractivity contribution in [1.82, 2.24) is 30.4 Å². The standard InChI is InChI=1S/C17H23N7O3/c1-23-6-8-24(9-7-23)14-11-16(20-12-19-14)27-10-5-18-17(25)13-3-4-15(26-2)22-21-13/h3-4,11-12H,5-10H2,1-2H3,(H,18,25). The maximum absolute atomic E-state index is 12.0. The lowest BCUT2D eigenvalue weighted by molar-refractivity contribution is 0.0940. The third kappa shape index (κ3) is 5.23. The zero-order chi connectivity index (χ0) is 19.1. The predicted molar refractivity (Wildman–Crippen MR) is 98.2 cm³/mol. The summed E-state index contributed by atoms with van der Waals surface area (Å²) in [6, 6.07) is 4.95. The first-order valence-electron chi connectivity index (χ1n) is 8.70. The highest BCUT2D eigenvalue weighted by atomic mass is 16.5. The fourth-order valence-electron chi connectivity index (χ4n) is 2.58. The quantitative estimate of drug-likeness (QED) is 0.662. The van der Waals surface area contributed by atoms with E-state index in [1.807, 2.05) is 6.07 Å². The largest absolute Gasteiger partial charge is 0.480 e. The first kappa shape index (κ1) is 18.8. The molecule has 1 fully saturated rings. The molecule has 0 aliphatic carbocycles. The number of carbonyl (C=O) groups excluding carboxylic acids is 1. The van der Waals surface area contributed by atoms with E-state index in [1.54, 1.807) is 12.1 Å². The summed E-state index contributed by atoms with van der Waals surface area (Å²) in [6.45, 7) is 4.45. The average molecular weight is 373 g/mol. The van der Waals surface area contributed by atoms with Crippen molar-refractivity contribution in [1.29, 1.82) is 0 Å². The lowest BCUT2D eigenvalue weighted by Gasteiger charge is -2.33. The number of amides is 1. The summed E-state index contributed by atoms with van der Waals surface area (Å²) < 4.78 is 10.5. The number of carbonyl (C=O) groups is 1. The summed E-state index contributed by atoms with van der Waals surface area (Å²) in [5.74, 6) is 1.37. The molecule has 10 heteroatoms. The Balaban J connectivity index is 1.44. The SMILES string of the molecule is COc1ccc(C(=O)NCCOc2cc(N3CCN(C)CC3)ncn2)nn1. The molecule has 0 saturated carbocycles. The summed E-state index contributed by atoms with van der Waals surface area (Å²) in [6.07, 6.45) is 1.49. The number of nitrogens with zero attached hydrogens (tertiary/aromatic N) is 6. The van der Waals surface area contributed by atoms with Gasteiger partial charge in [0.1, 0.15) is 18.8 Å². The molecule has 27 heavy (non-hydrogen) atoms. The van der Waals surface area contributed by atoms with Crippen LogP contribution in [0.3, 0.4) is 0 Å². The van der Waals surface area contributed by atoms with Crippen molar-refractivity contribution in [3.63, 3.8) is 0 Å². The van der Waals surface area contributed by atoms with Gasteiger partial charge in [0.05, 0.1) is 13.7 Å². The van der Waals surface area contributed by atoms with Gasteiger partial charge in [-0.2, -0.15) is 0 Å². The predicted octanol–water partition coefficient (Wildman–Crippen LogP) is -0.164. The van der Waals surface area contributed by atoms with Gasteiger partial charge in [0, 0.05) is 38.3 Å². The number of anilines is 1. The fourth-order valence-corrected chi connectivity index (χ4v) is 2.58. The van der Waals surface area contributed by atoms with Crippen LogP contribution in [0.1, 0.15) is 10.5 Å². The molecule has 0 radical (unpaired) electrons. The van der Waals surface area contributed by atoms with Gasteiger partial charge >= 0.3 is 0 Å². The van der Waals surface area contributed by atoms with Crippen molar-refractivity contribution in [2.45, 2.75) is 0 Å². The van der Waals surface area contributed by atoms with Gasteiger partial charge in [-0.05, 0) is 13.1 Å². The molecule has 1 aliphatic rings. The van der Waals surface area contributed by atoms with Crippen LogP contribution in [-0.2, 0) is 0 Å². The van der Waals surface area contributed by atoms with Crippen molar-refractivity contribution in [3.05, 3.63) is 30.2 Å². The van der Waals surface area contributed by atoms with Crippen molar-refractivity contribution < 1.29 is 14.3 Å². The zero-order valence-electron chi connectivity index (χ0n) is 15.5. The minimum absolute atomic E-state index is 0.218. The molecule has 0 atom stereocenters. The highest BCUT2D eigenvalue weighted by Crippen LogP contribution is 2.17. The number of hydrogen-bond acceptors (Lipinski definition) is 9. The minimum Gasteiger partial charge on any atom is -0.480 e. The number of hydrogen-bond donors (Lipinski definition) is 1. The van der Waals surface area contributed by atoms with Crippen LogP contribution in [0.5, 0.6) is 11.8 Å². The van der Waals surface area contributed by atoms with Crippen LogP contribution < -0.4 is 19.7 Å². The van der Waals surface area contributed by atoms with E-state index >= 15 is 0 Å². The monoisotopic (exact) mass is 373 g/mol. The molecule has 3 rings (SSSR count). The second-order valence-corrected chi connectivity index (χ2v) is 6.07. The van der Waals surface area contributed by atoms with Crippen LogP contribution in [0.25, 0.3) is 0 Å². The van der Waals surface area contributed by atoms with Gasteiger partial charge in [0.25, 0.3) is 5.91 Å². The fraction of sp³-hybridized carbons (Fsp3) is 0.471. The highest BCUT2D eigenvalue weighted by molar-refractivity contribution is 5.92. The Morgan fingerprint density at radius 3 is 2.67 bits per heavy atom. The second-order valence-electron chi connectivity index (χ2n) is 6.07. The van der Waals surface area contributed by atoms with E-state index in [9.17, 15) is 4.79 Å². The highest BCUT2D eigenvalue weighted by Gasteiger charge is 2.16. The molecule has 10 nitrogen and oxygen atoms in total. The lowest BCUT2D eigenvalue weighted by atomic mass is 10.3. The Labute approximate surface area is 157 Å². The Morgan fingerprint density at radius 1 is 1.15 bits per heavy atom. The number of nitrogens with one attached hydrogen (secondary N) is 1. The maximum atomic E-state index is 12.0. The molecule has 2 aromatic heterocycles. The molecule has 0 aromatic carbocycles. The molecular formula is C17H23N7O3. The van der Waals surface area contributed by atoms with Crippen LogP contribution in [-0.4, -0.2) is 84.5 Å². The molecule has 1 amide bonds. The van der Waals surface area contributed by atoms with Gasteiger partial charge in [-0.3, -0.25) is 4.79 Å². The van der Waals surface area contributed by atoms with E-state index in [4.69, 9.17) is 9.47 Å². The normalized spacial score (nSPS) is 14.7. The number of methoxy groups -OCH3 is 1. The molecule has 0 unspecified atom stereocenters. The van der Waals surface area contributed by atoms with E-state index in [-0.39, 0.29) is 18.2 Å². The Morgan fingerprint density at radius 2 is 1.96 bits per heavy atom. The van der Waals surface area contributed by atoms with Gasteiger partial charge in [-0.25, -0.2) is 9.97 Å². The number of aromatic nitrogens is 4. The minimum atomic E-state index is -0.324. The molecule has 3 heterocycles. The molecule has 1 aliphatic heterocycles. The van der Waals surface area contributed by atoms with Gasteiger partial charge in [0.2, 0.25) is 11.8 Å². The van der Waals surface area contributed by atoms with Crippen LogP contribution in [0.4, 0.5) is 5.82 Å². The van der Waals surface area contributed by atoms with Crippen molar-refractivity contribution in [3.8, 4) is 11.8 Å². The Kier molecular flexibility index (Phi) is 6.31. The second kappa shape index (κ2) is 9.08. The summed E-state index contributed by atoms with van der Waals surface area (Å²) in [5.41, 5.74) is 0.218. The molecule has 1 N–H and O–H groups in total. The van der Waals surface area contributed by atoms with Crippen molar-refractivity contribution in [2.75, 3.05) is 58.4 Å². The summed E-state index contributed by atoms with van der Waals surface area (Å²) in [5, 5.41) is 10.3. The van der Waals surface area contributed by atoms with Gasteiger partial charge < -0.3 is 24.6 Å². The van der Waals surface area contributed by atoms with Gasteiger partial charge in [-0.15, -0.1) is 10.2 Å². The van der Waals surface area contributed by atoms with Crippen molar-refractivity contribution in [2.24, 2.45) is 0 Å². The Bertz CT molecular complexity index is 748. The third-order valence-corrected chi connectivity index (χ3v) is 4.17. The summed E-state index contributed by atoms with van der Waals surface area (Å²) in [4.78, 5) is 24.9. The summed E-state index contributed by atoms with van der Waals surface area (Å²) >= 11 is 0. The number of ether oxygens (including phenoxy) is 2. The van der Waals surface area contributed by atoms with Crippen LogP contribution in [0.15, 0.2) is 24.5 Å². The summed E-state index contributed by atoms with van der Waals surface area (Å²) in [7, 11) is 3.60. The smallest absolute Gasteiger partial charge is 0.271 e. The van der Waals surface area contributed by atoms with Gasteiger partial charge in [-0.1, -0.05) is 0 Å². The van der Waals surface area contributed by atoms with E-state index in [2.05, 4.69) is 42.3 Å².